The van der Waals surface area contributed by atoms with Crippen LogP contribution in [0, 0.1) is 0 Å². The molecule has 21 heavy (non-hydrogen) atoms. The molecular formula is C15H36O5Ti. The fraction of sp³-hybridized carbons (Fsp3) is 0.933. The average Bonchev–Trinajstić information content (AvgIpc) is 1.92. The summed E-state index contributed by atoms with van der Waals surface area (Å²) in [6.07, 6.45) is -0.500. The van der Waals surface area contributed by atoms with E-state index in [2.05, 4.69) is 0 Å². The van der Waals surface area contributed by atoms with Crippen molar-refractivity contribution in [1.82, 2.24) is 0 Å². The molecule has 130 valence electrons. The second-order valence-electron chi connectivity index (χ2n) is 5.99. The van der Waals surface area contributed by atoms with E-state index in [4.69, 9.17) is 20.1 Å². The molecule has 0 aliphatic carbocycles. The molecule has 0 spiro atoms. The molecule has 0 aromatic heterocycles. The Kier molecular flexibility index (Phi) is 31.4. The van der Waals surface area contributed by atoms with Gasteiger partial charge in [0.1, 0.15) is 5.60 Å². The van der Waals surface area contributed by atoms with Crippen LogP contribution >= 0.6 is 0 Å². The predicted molar refractivity (Wildman–Crippen MR) is 83.6 cm³/mol. The van der Waals surface area contributed by atoms with E-state index in [9.17, 15) is 4.79 Å². The maximum absolute atomic E-state index is 10.2. The first-order chi connectivity index (χ1) is 8.61. The molecule has 0 rings (SSSR count). The summed E-state index contributed by atoms with van der Waals surface area (Å²) in [7, 11) is 0. The van der Waals surface area contributed by atoms with Crippen LogP contribution in [0.15, 0.2) is 0 Å². The zero-order chi connectivity index (χ0) is 17.5. The molecule has 6 heteroatoms. The molecule has 0 fully saturated rings. The zero-order valence-electron chi connectivity index (χ0n) is 15.4. The fourth-order valence-corrected chi connectivity index (χ4v) is 0.431. The number of hydrogen-bond acceptors (Lipinski definition) is 5. The molecule has 0 atom stereocenters. The van der Waals surface area contributed by atoms with Crippen molar-refractivity contribution in [2.45, 2.75) is 93.2 Å². The Morgan fingerprint density at radius 3 is 0.952 bits per heavy atom. The van der Waals surface area contributed by atoms with Gasteiger partial charge in [-0.15, -0.1) is 0 Å². The van der Waals surface area contributed by atoms with Gasteiger partial charge in [-0.25, -0.2) is 0 Å². The second-order valence-corrected chi connectivity index (χ2v) is 5.99. The van der Waals surface area contributed by atoms with Crippen LogP contribution in [-0.4, -0.2) is 45.2 Å². The largest absolute Gasteiger partial charge is 0.460 e. The van der Waals surface area contributed by atoms with Gasteiger partial charge in [-0.2, -0.15) is 0 Å². The van der Waals surface area contributed by atoms with Crippen molar-refractivity contribution in [3.8, 4) is 0 Å². The molecular weight excluding hydrogens is 308 g/mol. The van der Waals surface area contributed by atoms with Crippen LogP contribution in [0.1, 0.15) is 69.2 Å². The van der Waals surface area contributed by atoms with E-state index in [1.807, 2.05) is 20.8 Å². The first-order valence-corrected chi connectivity index (χ1v) is 6.85. The summed E-state index contributed by atoms with van der Waals surface area (Å²) in [4.78, 5) is 10.2. The summed E-state index contributed by atoms with van der Waals surface area (Å²) in [6, 6.07) is 0. The van der Waals surface area contributed by atoms with Crippen LogP contribution < -0.4 is 0 Å². The summed E-state index contributed by atoms with van der Waals surface area (Å²) in [5.74, 6) is -0.225. The molecule has 0 unspecified atom stereocenters. The van der Waals surface area contributed by atoms with E-state index < -0.39 is 0 Å². The number of rotatable bonds is 0. The van der Waals surface area contributed by atoms with E-state index in [0.29, 0.717) is 0 Å². The molecule has 0 saturated carbocycles. The Balaban J connectivity index is -0.0000000570. The number of hydrogen-bond donors (Lipinski definition) is 3. The van der Waals surface area contributed by atoms with Crippen molar-refractivity contribution >= 4 is 5.97 Å². The van der Waals surface area contributed by atoms with Crippen molar-refractivity contribution in [1.29, 1.82) is 0 Å². The Morgan fingerprint density at radius 2 is 0.952 bits per heavy atom. The first-order valence-electron chi connectivity index (χ1n) is 6.85. The van der Waals surface area contributed by atoms with Gasteiger partial charge in [0.15, 0.2) is 0 Å². The molecule has 0 bridgehead atoms. The van der Waals surface area contributed by atoms with Crippen molar-refractivity contribution in [3.05, 3.63) is 0 Å². The van der Waals surface area contributed by atoms with Gasteiger partial charge in [-0.3, -0.25) is 4.79 Å². The molecule has 0 heterocycles. The maximum atomic E-state index is 10.2. The smallest absolute Gasteiger partial charge is 0.303 e. The fourth-order valence-electron chi connectivity index (χ4n) is 0.431. The molecule has 0 aromatic carbocycles. The Bertz CT molecular complexity index is 176. The topological polar surface area (TPSA) is 87.0 Å². The van der Waals surface area contributed by atoms with Crippen LogP contribution in [0.25, 0.3) is 0 Å². The molecule has 0 aliphatic rings. The molecule has 0 amide bonds. The van der Waals surface area contributed by atoms with Crippen LogP contribution in [0.5, 0.6) is 0 Å². The molecule has 0 saturated heterocycles. The third kappa shape index (κ3) is 255. The summed E-state index contributed by atoms with van der Waals surface area (Å²) in [5.41, 5.74) is -0.328. The molecule has 0 radical (unpaired) electrons. The zero-order valence-corrected chi connectivity index (χ0v) is 17.0. The Hall–Kier alpha value is 0.0643. The van der Waals surface area contributed by atoms with Gasteiger partial charge in [0, 0.05) is 47.0 Å². The standard InChI is InChI=1S/C6H12O2.3C3H8O.Ti/c1-5(7)8-6(2,3)4;3*1-3(2)4;/h1-4H3;3*3-4H,1-2H3;. The maximum Gasteiger partial charge on any atom is 0.303 e. The summed E-state index contributed by atoms with van der Waals surface area (Å²) < 4.78 is 4.80. The Morgan fingerprint density at radius 1 is 0.810 bits per heavy atom. The monoisotopic (exact) mass is 344 g/mol. The number of esters is 1. The average molecular weight is 344 g/mol. The molecule has 0 aromatic rings. The van der Waals surface area contributed by atoms with Gasteiger partial charge in [-0.05, 0) is 62.3 Å². The van der Waals surface area contributed by atoms with Crippen molar-refractivity contribution in [2.24, 2.45) is 0 Å². The minimum absolute atomic E-state index is 0. The minimum atomic E-state index is -0.328. The van der Waals surface area contributed by atoms with E-state index >= 15 is 0 Å². The van der Waals surface area contributed by atoms with Gasteiger partial charge in [0.25, 0.3) is 0 Å². The Labute approximate surface area is 146 Å². The predicted octanol–water partition coefficient (Wildman–Crippen LogP) is 2.51. The summed E-state index contributed by atoms with van der Waals surface area (Å²) in [6.45, 7) is 17.3. The second kappa shape index (κ2) is 20.1. The van der Waals surface area contributed by atoms with Crippen molar-refractivity contribution in [3.63, 3.8) is 0 Å². The number of carbonyl (C=O) groups excluding carboxylic acids is 1. The van der Waals surface area contributed by atoms with Crippen LogP contribution in [0.4, 0.5) is 0 Å². The van der Waals surface area contributed by atoms with E-state index in [1.54, 1.807) is 41.5 Å². The van der Waals surface area contributed by atoms with Crippen molar-refractivity contribution < 1.29 is 46.6 Å². The summed E-state index contributed by atoms with van der Waals surface area (Å²) >= 11 is 0. The van der Waals surface area contributed by atoms with E-state index in [0.717, 1.165) is 0 Å². The molecule has 3 N–H and O–H groups in total. The first kappa shape index (κ1) is 32.9. The van der Waals surface area contributed by atoms with Crippen LogP contribution in [0.2, 0.25) is 0 Å². The number of ether oxygens (including phenoxy) is 1. The van der Waals surface area contributed by atoms with Crippen LogP contribution in [0.3, 0.4) is 0 Å². The number of aliphatic hydroxyl groups excluding tert-OH is 3. The van der Waals surface area contributed by atoms with E-state index in [-0.39, 0.29) is 51.6 Å². The van der Waals surface area contributed by atoms with Gasteiger partial charge in [-0.1, -0.05) is 0 Å². The van der Waals surface area contributed by atoms with Crippen LogP contribution in [-0.2, 0) is 31.2 Å². The SMILES string of the molecule is CC(=O)OC(C)(C)C.CC(C)O.CC(C)O.CC(C)O.[Ti]. The normalized spacial score (nSPS) is 9.33. The number of aliphatic hydroxyl groups is 3. The summed E-state index contributed by atoms with van der Waals surface area (Å²) in [5, 5.41) is 24.2. The molecule has 0 aliphatic heterocycles. The van der Waals surface area contributed by atoms with Gasteiger partial charge >= 0.3 is 5.97 Å². The quantitative estimate of drug-likeness (QED) is 0.464. The third-order valence-electron chi connectivity index (χ3n) is 0.450. The van der Waals surface area contributed by atoms with Gasteiger partial charge in [0.05, 0.1) is 0 Å². The van der Waals surface area contributed by atoms with Gasteiger partial charge < -0.3 is 20.1 Å². The molecule has 5 nitrogen and oxygen atoms in total. The van der Waals surface area contributed by atoms with E-state index in [1.165, 1.54) is 6.92 Å². The third-order valence-corrected chi connectivity index (χ3v) is 0.450. The minimum Gasteiger partial charge on any atom is -0.460 e. The number of carbonyl (C=O) groups is 1. The van der Waals surface area contributed by atoms with Crippen molar-refractivity contribution in [2.75, 3.05) is 0 Å². The van der Waals surface area contributed by atoms with Gasteiger partial charge in [0.2, 0.25) is 0 Å².